The SMILES string of the molecule is COC(=O)C1(OC(=O)CCl)C2CC3OC(=O)C1C3C2. The number of carbonyl (C=O) groups excluding carboxylic acids is 3. The topological polar surface area (TPSA) is 78.9 Å². The Balaban J connectivity index is 2.03. The molecule has 6 nitrogen and oxygen atoms in total. The van der Waals surface area contributed by atoms with Gasteiger partial charge in [-0.3, -0.25) is 9.59 Å². The fourth-order valence-electron chi connectivity index (χ4n) is 3.87. The maximum atomic E-state index is 12.2. The van der Waals surface area contributed by atoms with E-state index >= 15 is 0 Å². The van der Waals surface area contributed by atoms with Gasteiger partial charge in [0.05, 0.1) is 7.11 Å². The van der Waals surface area contributed by atoms with Gasteiger partial charge < -0.3 is 14.2 Å². The standard InChI is InChI=1S/C12H13ClO6/c1-17-11(16)12(19-8(14)4-13)5-2-6-7(3-5)18-10(15)9(6)12/h5-7,9H,2-4H2,1H3. The minimum Gasteiger partial charge on any atom is -0.466 e. The number of alkyl halides is 1. The molecule has 0 aromatic rings. The second-order valence-electron chi connectivity index (χ2n) is 5.18. The fourth-order valence-corrected chi connectivity index (χ4v) is 3.92. The first-order valence-electron chi connectivity index (χ1n) is 6.11. The highest BCUT2D eigenvalue weighted by Gasteiger charge is 2.75. The molecule has 2 saturated carbocycles. The molecule has 0 N–H and O–H groups in total. The van der Waals surface area contributed by atoms with Gasteiger partial charge in [-0.2, -0.15) is 0 Å². The summed E-state index contributed by atoms with van der Waals surface area (Å²) in [6, 6.07) is 0. The first kappa shape index (κ1) is 12.7. The number of carbonyl (C=O) groups is 3. The van der Waals surface area contributed by atoms with E-state index < -0.39 is 29.4 Å². The lowest BCUT2D eigenvalue weighted by Crippen LogP contribution is -2.55. The van der Waals surface area contributed by atoms with Crippen molar-refractivity contribution in [2.24, 2.45) is 17.8 Å². The van der Waals surface area contributed by atoms with Crippen LogP contribution in [0.25, 0.3) is 0 Å². The van der Waals surface area contributed by atoms with Crippen LogP contribution in [-0.2, 0) is 28.6 Å². The molecule has 1 heterocycles. The Bertz CT molecular complexity index is 461. The zero-order valence-electron chi connectivity index (χ0n) is 10.3. The number of fused-ring (bicyclic) bond motifs is 1. The molecule has 0 spiro atoms. The van der Waals surface area contributed by atoms with Gasteiger partial charge in [-0.05, 0) is 12.8 Å². The van der Waals surface area contributed by atoms with Gasteiger partial charge in [0.2, 0.25) is 5.60 Å². The second kappa shape index (κ2) is 4.10. The van der Waals surface area contributed by atoms with Crippen molar-refractivity contribution in [3.05, 3.63) is 0 Å². The monoisotopic (exact) mass is 288 g/mol. The summed E-state index contributed by atoms with van der Waals surface area (Å²) in [4.78, 5) is 35.6. The number of hydrogen-bond acceptors (Lipinski definition) is 6. The van der Waals surface area contributed by atoms with Crippen LogP contribution < -0.4 is 0 Å². The minimum atomic E-state index is -1.55. The van der Waals surface area contributed by atoms with Crippen LogP contribution >= 0.6 is 11.6 Å². The Hall–Kier alpha value is -1.30. The van der Waals surface area contributed by atoms with E-state index in [1.165, 1.54) is 7.11 Å². The van der Waals surface area contributed by atoms with Gasteiger partial charge >= 0.3 is 17.9 Å². The Morgan fingerprint density at radius 2 is 2.21 bits per heavy atom. The summed E-state index contributed by atoms with van der Waals surface area (Å²) in [5.74, 6) is -3.34. The molecule has 3 aliphatic rings. The number of halogens is 1. The lowest BCUT2D eigenvalue weighted by Gasteiger charge is -2.35. The van der Waals surface area contributed by atoms with Gasteiger partial charge in [0.1, 0.15) is 17.9 Å². The highest BCUT2D eigenvalue weighted by Crippen LogP contribution is 2.61. The Kier molecular flexibility index (Phi) is 2.74. The quantitative estimate of drug-likeness (QED) is 0.421. The van der Waals surface area contributed by atoms with Crippen molar-refractivity contribution < 1.29 is 28.6 Å². The first-order chi connectivity index (χ1) is 9.04. The van der Waals surface area contributed by atoms with Gasteiger partial charge in [-0.25, -0.2) is 4.79 Å². The molecule has 104 valence electrons. The minimum absolute atomic E-state index is 0.0697. The Morgan fingerprint density at radius 1 is 1.47 bits per heavy atom. The van der Waals surface area contributed by atoms with Crippen molar-refractivity contribution in [3.63, 3.8) is 0 Å². The van der Waals surface area contributed by atoms with Crippen molar-refractivity contribution in [1.82, 2.24) is 0 Å². The zero-order valence-corrected chi connectivity index (χ0v) is 11.0. The highest BCUT2D eigenvalue weighted by molar-refractivity contribution is 6.26. The lowest BCUT2D eigenvalue weighted by molar-refractivity contribution is -0.193. The normalized spacial score (nSPS) is 42.1. The van der Waals surface area contributed by atoms with Gasteiger partial charge in [0, 0.05) is 11.8 Å². The number of rotatable bonds is 3. The summed E-state index contributed by atoms with van der Waals surface area (Å²) in [5, 5.41) is 0. The first-order valence-corrected chi connectivity index (χ1v) is 6.64. The average molecular weight is 289 g/mol. The van der Waals surface area contributed by atoms with Crippen LogP contribution in [0.3, 0.4) is 0 Å². The molecule has 0 amide bonds. The number of ether oxygens (including phenoxy) is 3. The van der Waals surface area contributed by atoms with Gasteiger partial charge in [0.15, 0.2) is 0 Å². The number of hydrogen-bond donors (Lipinski definition) is 0. The van der Waals surface area contributed by atoms with E-state index in [4.69, 9.17) is 25.8 Å². The third-order valence-electron chi connectivity index (χ3n) is 4.47. The lowest BCUT2D eigenvalue weighted by atomic mass is 9.75. The van der Waals surface area contributed by atoms with Crippen molar-refractivity contribution in [2.75, 3.05) is 13.0 Å². The molecule has 0 aromatic heterocycles. The number of esters is 3. The summed E-state index contributed by atoms with van der Waals surface area (Å²) in [5.41, 5.74) is -1.55. The van der Waals surface area contributed by atoms with E-state index in [1.54, 1.807) is 0 Å². The maximum absolute atomic E-state index is 12.2. The third-order valence-corrected chi connectivity index (χ3v) is 4.68. The van der Waals surface area contributed by atoms with E-state index in [-0.39, 0.29) is 23.8 Å². The molecule has 3 rings (SSSR count). The molecular formula is C12H13ClO6. The third kappa shape index (κ3) is 1.46. The van der Waals surface area contributed by atoms with Gasteiger partial charge in [-0.1, -0.05) is 0 Å². The van der Waals surface area contributed by atoms with E-state index in [0.29, 0.717) is 12.8 Å². The smallest absolute Gasteiger partial charge is 0.351 e. The van der Waals surface area contributed by atoms with Crippen LogP contribution in [0.5, 0.6) is 0 Å². The molecule has 2 bridgehead atoms. The van der Waals surface area contributed by atoms with E-state index in [9.17, 15) is 14.4 Å². The van der Waals surface area contributed by atoms with Crippen molar-refractivity contribution >= 4 is 29.5 Å². The molecule has 7 heteroatoms. The van der Waals surface area contributed by atoms with Crippen molar-refractivity contribution in [2.45, 2.75) is 24.5 Å². The second-order valence-corrected chi connectivity index (χ2v) is 5.44. The summed E-state index contributed by atoms with van der Waals surface area (Å²) in [6.45, 7) is 0. The Morgan fingerprint density at radius 3 is 2.84 bits per heavy atom. The largest absolute Gasteiger partial charge is 0.466 e. The summed E-state index contributed by atoms with van der Waals surface area (Å²) in [7, 11) is 1.21. The van der Waals surface area contributed by atoms with Crippen LogP contribution in [0, 0.1) is 17.8 Å². The van der Waals surface area contributed by atoms with Crippen LogP contribution in [-0.4, -0.2) is 42.6 Å². The van der Waals surface area contributed by atoms with Crippen LogP contribution in [0.2, 0.25) is 0 Å². The number of methoxy groups -OCH3 is 1. The molecule has 5 unspecified atom stereocenters. The van der Waals surface area contributed by atoms with Gasteiger partial charge in [-0.15, -0.1) is 11.6 Å². The predicted octanol–water partition coefficient (Wildman–Crippen LogP) is 0.262. The van der Waals surface area contributed by atoms with Crippen molar-refractivity contribution in [1.29, 1.82) is 0 Å². The van der Waals surface area contributed by atoms with E-state index in [1.807, 2.05) is 0 Å². The van der Waals surface area contributed by atoms with Crippen molar-refractivity contribution in [3.8, 4) is 0 Å². The molecule has 19 heavy (non-hydrogen) atoms. The highest BCUT2D eigenvalue weighted by atomic mass is 35.5. The molecule has 5 atom stereocenters. The molecule has 1 saturated heterocycles. The molecule has 3 fully saturated rings. The predicted molar refractivity (Wildman–Crippen MR) is 61.1 cm³/mol. The summed E-state index contributed by atoms with van der Waals surface area (Å²) in [6.07, 6.45) is 0.999. The molecule has 0 radical (unpaired) electrons. The van der Waals surface area contributed by atoms with E-state index in [2.05, 4.69) is 0 Å². The van der Waals surface area contributed by atoms with Gasteiger partial charge in [0.25, 0.3) is 0 Å². The Labute approximate surface area is 114 Å². The zero-order chi connectivity index (χ0) is 13.8. The molecule has 0 aromatic carbocycles. The fraction of sp³-hybridized carbons (Fsp3) is 0.750. The molecule has 1 aliphatic heterocycles. The van der Waals surface area contributed by atoms with E-state index in [0.717, 1.165) is 0 Å². The maximum Gasteiger partial charge on any atom is 0.351 e. The molecule has 2 aliphatic carbocycles. The summed E-state index contributed by atoms with van der Waals surface area (Å²) < 4.78 is 15.3. The van der Waals surface area contributed by atoms with Crippen LogP contribution in [0.15, 0.2) is 0 Å². The average Bonchev–Trinajstić information content (AvgIpc) is 2.99. The van der Waals surface area contributed by atoms with Crippen LogP contribution in [0.1, 0.15) is 12.8 Å². The summed E-state index contributed by atoms with van der Waals surface area (Å²) >= 11 is 5.44. The van der Waals surface area contributed by atoms with Crippen LogP contribution in [0.4, 0.5) is 0 Å². The molecular weight excluding hydrogens is 276 g/mol.